The molecule has 0 aromatic heterocycles. The van der Waals surface area contributed by atoms with Crippen molar-refractivity contribution in [3.8, 4) is 5.75 Å². The van der Waals surface area contributed by atoms with Gasteiger partial charge in [0, 0.05) is 25.8 Å². The van der Waals surface area contributed by atoms with Crippen LogP contribution in [-0.4, -0.2) is 39.5 Å². The summed E-state index contributed by atoms with van der Waals surface area (Å²) < 4.78 is 16.2. The second-order valence-corrected chi connectivity index (χ2v) is 4.74. The summed E-state index contributed by atoms with van der Waals surface area (Å²) in [5.41, 5.74) is 1.14. The topological polar surface area (TPSA) is 39.7 Å². The highest BCUT2D eigenvalue weighted by Crippen LogP contribution is 2.13. The van der Waals surface area contributed by atoms with Gasteiger partial charge in [-0.3, -0.25) is 0 Å². The molecule has 4 heteroatoms. The van der Waals surface area contributed by atoms with Gasteiger partial charge in [-0.25, -0.2) is 0 Å². The summed E-state index contributed by atoms with van der Waals surface area (Å²) in [4.78, 5) is 0. The lowest BCUT2D eigenvalue weighted by Crippen LogP contribution is -2.36. The second kappa shape index (κ2) is 8.15. The van der Waals surface area contributed by atoms with Crippen LogP contribution in [0.15, 0.2) is 24.3 Å². The predicted molar refractivity (Wildman–Crippen MR) is 74.5 cm³/mol. The molecular formula is C15H23NO3. The Labute approximate surface area is 115 Å². The van der Waals surface area contributed by atoms with Gasteiger partial charge in [0.05, 0.1) is 20.3 Å². The molecular weight excluding hydrogens is 242 g/mol. The fraction of sp³-hybridized carbons (Fsp3) is 0.600. The highest BCUT2D eigenvalue weighted by Gasteiger charge is 2.11. The molecule has 2 rings (SSSR count). The number of nitrogens with one attached hydrogen (secondary N) is 1. The first-order valence-corrected chi connectivity index (χ1v) is 6.90. The van der Waals surface area contributed by atoms with Crippen molar-refractivity contribution in [2.75, 3.05) is 33.5 Å². The van der Waals surface area contributed by atoms with E-state index in [0.29, 0.717) is 12.6 Å². The molecule has 0 radical (unpaired) electrons. The summed E-state index contributed by atoms with van der Waals surface area (Å²) in [5.74, 6) is 0.876. The van der Waals surface area contributed by atoms with E-state index in [4.69, 9.17) is 14.2 Å². The van der Waals surface area contributed by atoms with Crippen molar-refractivity contribution in [1.29, 1.82) is 0 Å². The fourth-order valence-electron chi connectivity index (χ4n) is 2.19. The highest BCUT2D eigenvalue weighted by molar-refractivity contribution is 5.27. The molecule has 1 aromatic rings. The lowest BCUT2D eigenvalue weighted by atomic mass is 10.1. The maximum Gasteiger partial charge on any atom is 0.119 e. The van der Waals surface area contributed by atoms with Crippen molar-refractivity contribution in [3.63, 3.8) is 0 Å². The van der Waals surface area contributed by atoms with Gasteiger partial charge in [-0.15, -0.1) is 0 Å². The van der Waals surface area contributed by atoms with E-state index in [-0.39, 0.29) is 0 Å². The standard InChI is InChI=1S/C15H23NO3/c1-17-15-4-2-3-13(11-15)12-19-10-7-16-14-5-8-18-9-6-14/h2-4,11,14,16H,5-10,12H2,1H3. The van der Waals surface area contributed by atoms with E-state index < -0.39 is 0 Å². The Morgan fingerprint density at radius 3 is 2.95 bits per heavy atom. The number of hydrogen-bond acceptors (Lipinski definition) is 4. The van der Waals surface area contributed by atoms with Crippen LogP contribution >= 0.6 is 0 Å². The summed E-state index contributed by atoms with van der Waals surface area (Å²) in [6, 6.07) is 8.57. The fourth-order valence-corrected chi connectivity index (χ4v) is 2.19. The van der Waals surface area contributed by atoms with Gasteiger partial charge < -0.3 is 19.5 Å². The maximum absolute atomic E-state index is 5.66. The van der Waals surface area contributed by atoms with E-state index in [2.05, 4.69) is 11.4 Å². The summed E-state index contributed by atoms with van der Waals surface area (Å²) >= 11 is 0. The van der Waals surface area contributed by atoms with Crippen LogP contribution in [0.3, 0.4) is 0 Å². The maximum atomic E-state index is 5.66. The van der Waals surface area contributed by atoms with Crippen LogP contribution < -0.4 is 10.1 Å². The predicted octanol–water partition coefficient (Wildman–Crippen LogP) is 1.98. The summed E-state index contributed by atoms with van der Waals surface area (Å²) in [7, 11) is 1.68. The Morgan fingerprint density at radius 2 is 2.16 bits per heavy atom. The molecule has 0 unspecified atom stereocenters. The van der Waals surface area contributed by atoms with Gasteiger partial charge in [-0.1, -0.05) is 12.1 Å². The van der Waals surface area contributed by atoms with Gasteiger partial charge in [0.15, 0.2) is 0 Å². The lowest BCUT2D eigenvalue weighted by Gasteiger charge is -2.23. The van der Waals surface area contributed by atoms with E-state index in [9.17, 15) is 0 Å². The van der Waals surface area contributed by atoms with Crippen LogP contribution in [0.25, 0.3) is 0 Å². The molecule has 0 saturated carbocycles. The quantitative estimate of drug-likeness (QED) is 0.765. The second-order valence-electron chi connectivity index (χ2n) is 4.74. The molecule has 1 aliphatic heterocycles. The van der Waals surface area contributed by atoms with Gasteiger partial charge >= 0.3 is 0 Å². The van der Waals surface area contributed by atoms with E-state index >= 15 is 0 Å². The Kier molecular flexibility index (Phi) is 6.14. The van der Waals surface area contributed by atoms with E-state index in [1.54, 1.807) is 7.11 Å². The number of benzene rings is 1. The molecule has 0 bridgehead atoms. The molecule has 1 aromatic carbocycles. The zero-order chi connectivity index (χ0) is 13.3. The summed E-state index contributed by atoms with van der Waals surface area (Å²) in [6.07, 6.45) is 2.21. The highest BCUT2D eigenvalue weighted by atomic mass is 16.5. The van der Waals surface area contributed by atoms with Gasteiger partial charge in [0.1, 0.15) is 5.75 Å². The van der Waals surface area contributed by atoms with Crippen molar-refractivity contribution in [1.82, 2.24) is 5.32 Å². The molecule has 0 atom stereocenters. The molecule has 0 amide bonds. The largest absolute Gasteiger partial charge is 0.497 e. The number of rotatable bonds is 7. The van der Waals surface area contributed by atoms with Crippen molar-refractivity contribution in [3.05, 3.63) is 29.8 Å². The van der Waals surface area contributed by atoms with E-state index in [1.165, 1.54) is 0 Å². The van der Waals surface area contributed by atoms with Crippen LogP contribution in [-0.2, 0) is 16.1 Å². The minimum absolute atomic E-state index is 0.592. The first-order valence-electron chi connectivity index (χ1n) is 6.90. The van der Waals surface area contributed by atoms with Crippen LogP contribution in [0.1, 0.15) is 18.4 Å². The van der Waals surface area contributed by atoms with Crippen molar-refractivity contribution in [2.24, 2.45) is 0 Å². The van der Waals surface area contributed by atoms with Crippen LogP contribution in [0.2, 0.25) is 0 Å². The Bertz CT molecular complexity index is 364. The number of methoxy groups -OCH3 is 1. The minimum Gasteiger partial charge on any atom is -0.497 e. The normalized spacial score (nSPS) is 16.5. The Hall–Kier alpha value is -1.10. The van der Waals surface area contributed by atoms with Crippen LogP contribution in [0.5, 0.6) is 5.75 Å². The number of ether oxygens (including phenoxy) is 3. The van der Waals surface area contributed by atoms with E-state index in [0.717, 1.165) is 50.5 Å². The molecule has 106 valence electrons. The zero-order valence-corrected chi connectivity index (χ0v) is 11.6. The first-order chi connectivity index (χ1) is 9.38. The summed E-state index contributed by atoms with van der Waals surface area (Å²) in [6.45, 7) is 4.01. The molecule has 1 heterocycles. The monoisotopic (exact) mass is 265 g/mol. The van der Waals surface area contributed by atoms with Gasteiger partial charge in [0.25, 0.3) is 0 Å². The van der Waals surface area contributed by atoms with E-state index in [1.807, 2.05) is 18.2 Å². The zero-order valence-electron chi connectivity index (χ0n) is 11.6. The molecule has 1 aliphatic rings. The molecule has 1 N–H and O–H groups in total. The molecule has 1 saturated heterocycles. The van der Waals surface area contributed by atoms with Crippen LogP contribution in [0.4, 0.5) is 0 Å². The van der Waals surface area contributed by atoms with Crippen LogP contribution in [0, 0.1) is 0 Å². The smallest absolute Gasteiger partial charge is 0.119 e. The molecule has 1 fully saturated rings. The van der Waals surface area contributed by atoms with Gasteiger partial charge in [-0.2, -0.15) is 0 Å². The first kappa shape index (κ1) is 14.3. The third-order valence-electron chi connectivity index (χ3n) is 3.30. The minimum atomic E-state index is 0.592. The average molecular weight is 265 g/mol. The Balaban J connectivity index is 1.58. The molecule has 0 aliphatic carbocycles. The third-order valence-corrected chi connectivity index (χ3v) is 3.30. The average Bonchev–Trinajstić information content (AvgIpc) is 2.48. The van der Waals surface area contributed by atoms with Crippen molar-refractivity contribution in [2.45, 2.75) is 25.5 Å². The summed E-state index contributed by atoms with van der Waals surface area (Å²) in [5, 5.41) is 3.50. The van der Waals surface area contributed by atoms with Gasteiger partial charge in [-0.05, 0) is 30.5 Å². The van der Waals surface area contributed by atoms with Crippen molar-refractivity contribution >= 4 is 0 Å². The molecule has 4 nitrogen and oxygen atoms in total. The van der Waals surface area contributed by atoms with Gasteiger partial charge in [0.2, 0.25) is 0 Å². The SMILES string of the molecule is COc1cccc(COCCNC2CCOCC2)c1. The molecule has 0 spiro atoms. The lowest BCUT2D eigenvalue weighted by molar-refractivity contribution is 0.0716. The number of hydrogen-bond donors (Lipinski definition) is 1. The Morgan fingerprint density at radius 1 is 1.32 bits per heavy atom. The molecule has 19 heavy (non-hydrogen) atoms. The van der Waals surface area contributed by atoms with Crippen molar-refractivity contribution < 1.29 is 14.2 Å². The third kappa shape index (κ3) is 5.19.